The molecule has 29 heavy (non-hydrogen) atoms. The summed E-state index contributed by atoms with van der Waals surface area (Å²) < 4.78 is 42.1. The summed E-state index contributed by atoms with van der Waals surface area (Å²) in [5, 5.41) is 12.6. The van der Waals surface area contributed by atoms with Crippen molar-refractivity contribution in [3.05, 3.63) is 63.1 Å². The van der Waals surface area contributed by atoms with Crippen molar-refractivity contribution in [2.24, 2.45) is 5.16 Å². The fraction of sp³-hybridized carbons (Fsp3) is 0.263. The number of thioether (sulfide) groups is 1. The number of aryl methyl sites for hydroxylation is 1. The number of hydrogen-bond donors (Lipinski definition) is 1. The highest BCUT2D eigenvalue weighted by Crippen LogP contribution is 2.49. The van der Waals surface area contributed by atoms with Crippen molar-refractivity contribution in [2.75, 3.05) is 5.75 Å². The molecule has 0 aliphatic carbocycles. The number of halogens is 5. The molecule has 0 fully saturated rings. The maximum absolute atomic E-state index is 14.0. The lowest BCUT2D eigenvalue weighted by molar-refractivity contribution is -0.275. The Bertz CT molecular complexity index is 977. The van der Waals surface area contributed by atoms with Crippen molar-refractivity contribution < 1.29 is 27.9 Å². The summed E-state index contributed by atoms with van der Waals surface area (Å²) in [5.74, 6) is -1.07. The van der Waals surface area contributed by atoms with Crippen molar-refractivity contribution in [3.63, 3.8) is 0 Å². The van der Waals surface area contributed by atoms with Gasteiger partial charge in [-0.2, -0.15) is 13.2 Å². The van der Waals surface area contributed by atoms with Gasteiger partial charge in [0.1, 0.15) is 0 Å². The van der Waals surface area contributed by atoms with E-state index in [1.807, 2.05) is 0 Å². The van der Waals surface area contributed by atoms with Gasteiger partial charge in [0.25, 0.3) is 5.60 Å². The van der Waals surface area contributed by atoms with Crippen LogP contribution in [-0.2, 0) is 15.2 Å². The summed E-state index contributed by atoms with van der Waals surface area (Å²) in [6.07, 6.45) is -5.31. The van der Waals surface area contributed by atoms with Crippen LogP contribution < -0.4 is 0 Å². The predicted octanol–water partition coefficient (Wildman–Crippen LogP) is 6.06. The highest BCUT2D eigenvalue weighted by Gasteiger charge is 2.62. The minimum atomic E-state index is -4.77. The molecule has 0 amide bonds. The maximum Gasteiger partial charge on any atom is 0.435 e. The molecule has 1 aliphatic heterocycles. The van der Waals surface area contributed by atoms with E-state index in [-0.39, 0.29) is 27.1 Å². The van der Waals surface area contributed by atoms with Crippen molar-refractivity contribution in [2.45, 2.75) is 30.0 Å². The first-order valence-electron chi connectivity index (χ1n) is 8.26. The van der Waals surface area contributed by atoms with Gasteiger partial charge >= 0.3 is 12.1 Å². The Hall–Kier alpha value is -1.90. The molecular weight excluding hydrogens is 450 g/mol. The first kappa shape index (κ1) is 21.8. The Morgan fingerprint density at radius 1 is 1.24 bits per heavy atom. The number of nitrogens with zero attached hydrogens (tertiary/aromatic N) is 1. The minimum Gasteiger partial charge on any atom is -0.481 e. The van der Waals surface area contributed by atoms with Crippen LogP contribution in [0.3, 0.4) is 0 Å². The van der Waals surface area contributed by atoms with Crippen molar-refractivity contribution >= 4 is 46.6 Å². The molecule has 2 aromatic carbocycles. The van der Waals surface area contributed by atoms with Crippen LogP contribution in [0.2, 0.25) is 10.0 Å². The van der Waals surface area contributed by atoms with Gasteiger partial charge in [-0.3, -0.25) is 4.79 Å². The third kappa shape index (κ3) is 4.49. The van der Waals surface area contributed by atoms with Gasteiger partial charge in [0.05, 0.1) is 11.5 Å². The summed E-state index contributed by atoms with van der Waals surface area (Å²) in [6, 6.07) is 8.57. The van der Waals surface area contributed by atoms with E-state index in [0.717, 1.165) is 34.4 Å². The molecule has 154 valence electrons. The zero-order valence-corrected chi connectivity index (χ0v) is 17.2. The van der Waals surface area contributed by atoms with Gasteiger partial charge in [0.2, 0.25) is 0 Å². The molecule has 0 saturated carbocycles. The fourth-order valence-corrected chi connectivity index (χ4v) is 4.23. The molecule has 4 nitrogen and oxygen atoms in total. The van der Waals surface area contributed by atoms with Gasteiger partial charge in [-0.05, 0) is 48.4 Å². The maximum atomic E-state index is 14.0. The number of carboxylic acid groups (broad SMARTS) is 1. The lowest BCUT2D eigenvalue weighted by atomic mass is 9.86. The van der Waals surface area contributed by atoms with Crippen LogP contribution in [0.5, 0.6) is 0 Å². The van der Waals surface area contributed by atoms with E-state index < -0.39 is 24.2 Å². The van der Waals surface area contributed by atoms with Crippen LogP contribution in [0.4, 0.5) is 13.2 Å². The number of rotatable bonds is 5. The van der Waals surface area contributed by atoms with E-state index in [1.54, 1.807) is 25.1 Å². The molecule has 0 bridgehead atoms. The van der Waals surface area contributed by atoms with Crippen LogP contribution in [0.25, 0.3) is 0 Å². The van der Waals surface area contributed by atoms with E-state index in [4.69, 9.17) is 33.1 Å². The summed E-state index contributed by atoms with van der Waals surface area (Å²) in [4.78, 5) is 16.4. The van der Waals surface area contributed by atoms with Crippen LogP contribution >= 0.6 is 35.0 Å². The molecule has 10 heteroatoms. The van der Waals surface area contributed by atoms with Gasteiger partial charge in [0, 0.05) is 26.9 Å². The minimum absolute atomic E-state index is 0.0591. The van der Waals surface area contributed by atoms with Crippen molar-refractivity contribution in [1.29, 1.82) is 0 Å². The third-order valence-corrected chi connectivity index (χ3v) is 5.97. The Morgan fingerprint density at radius 3 is 2.45 bits per heavy atom. The number of benzene rings is 2. The van der Waals surface area contributed by atoms with Gasteiger partial charge in [-0.15, -0.1) is 11.8 Å². The van der Waals surface area contributed by atoms with E-state index in [1.165, 1.54) is 6.07 Å². The average molecular weight is 464 g/mol. The molecule has 1 heterocycles. The smallest absolute Gasteiger partial charge is 0.435 e. The largest absolute Gasteiger partial charge is 0.481 e. The van der Waals surface area contributed by atoms with Gasteiger partial charge in [-0.25, -0.2) is 0 Å². The number of carboxylic acids is 1. The second kappa shape index (κ2) is 8.08. The van der Waals surface area contributed by atoms with Crippen LogP contribution in [-0.4, -0.2) is 28.7 Å². The molecule has 1 atom stereocenters. The molecule has 0 saturated heterocycles. The number of oxime groups is 1. The zero-order chi connectivity index (χ0) is 21.4. The molecule has 0 unspecified atom stereocenters. The number of alkyl halides is 3. The lowest BCUT2D eigenvalue weighted by Gasteiger charge is -2.29. The summed E-state index contributed by atoms with van der Waals surface area (Å²) in [7, 11) is 0. The second-order valence-corrected chi connectivity index (χ2v) is 8.34. The van der Waals surface area contributed by atoms with Crippen molar-refractivity contribution in [1.82, 2.24) is 0 Å². The molecule has 2 aromatic rings. The monoisotopic (exact) mass is 463 g/mol. The Balaban J connectivity index is 1.93. The average Bonchev–Trinajstić information content (AvgIpc) is 3.06. The van der Waals surface area contributed by atoms with Crippen molar-refractivity contribution in [3.8, 4) is 0 Å². The summed E-state index contributed by atoms with van der Waals surface area (Å²) >= 11 is 12.9. The van der Waals surface area contributed by atoms with E-state index in [0.29, 0.717) is 5.56 Å². The van der Waals surface area contributed by atoms with E-state index in [9.17, 15) is 18.0 Å². The first-order valence-corrected chi connectivity index (χ1v) is 10.00. The normalized spacial score (nSPS) is 19.0. The summed E-state index contributed by atoms with van der Waals surface area (Å²) in [5.41, 5.74) is -1.61. The lowest BCUT2D eigenvalue weighted by Crippen LogP contribution is -2.42. The zero-order valence-electron chi connectivity index (χ0n) is 14.9. The standard InChI is InChI=1S/C19H14Cl2F3NO3S/c1-10-4-11(2-3-16(10)29-9-17(26)27)15-8-18(28-25-15,19(22,23)24)12-5-13(20)7-14(21)6-12/h2-7H,8-9H2,1H3,(H,26,27)/t18-/m0/s1. The van der Waals surface area contributed by atoms with Crippen LogP contribution in [0.1, 0.15) is 23.1 Å². The Labute approximate surface area is 178 Å². The predicted molar refractivity (Wildman–Crippen MR) is 106 cm³/mol. The third-order valence-electron chi connectivity index (χ3n) is 4.37. The van der Waals surface area contributed by atoms with E-state index >= 15 is 0 Å². The topological polar surface area (TPSA) is 58.9 Å². The Morgan fingerprint density at radius 2 is 1.90 bits per heavy atom. The van der Waals surface area contributed by atoms with Crippen LogP contribution in [0, 0.1) is 6.92 Å². The fourth-order valence-electron chi connectivity index (χ4n) is 2.98. The SMILES string of the molecule is Cc1cc(C2=NO[C@@](c3cc(Cl)cc(Cl)c3)(C(F)(F)F)C2)ccc1SCC(=O)O. The molecule has 1 aliphatic rings. The quantitative estimate of drug-likeness (QED) is 0.547. The highest BCUT2D eigenvalue weighted by atomic mass is 35.5. The van der Waals surface area contributed by atoms with Gasteiger partial charge < -0.3 is 9.94 Å². The molecule has 3 rings (SSSR count). The summed E-state index contributed by atoms with van der Waals surface area (Å²) in [6.45, 7) is 1.75. The Kier molecular flexibility index (Phi) is 6.08. The second-order valence-electron chi connectivity index (χ2n) is 6.45. The molecule has 0 aromatic heterocycles. The van der Waals surface area contributed by atoms with Crippen LogP contribution in [0.15, 0.2) is 46.4 Å². The molecule has 0 radical (unpaired) electrons. The molecule has 0 spiro atoms. The number of aliphatic carboxylic acids is 1. The highest BCUT2D eigenvalue weighted by molar-refractivity contribution is 8.00. The van der Waals surface area contributed by atoms with Gasteiger partial charge in [0.15, 0.2) is 0 Å². The molecule has 1 N–H and O–H groups in total. The van der Waals surface area contributed by atoms with E-state index in [2.05, 4.69) is 5.16 Å². The first-order chi connectivity index (χ1) is 13.5. The number of carbonyl (C=O) groups is 1. The van der Waals surface area contributed by atoms with Gasteiger partial charge in [-0.1, -0.05) is 34.4 Å². The number of hydrogen-bond acceptors (Lipinski definition) is 4. The molecular formula is C19H14Cl2F3NO3S.